The first-order valence-electron chi connectivity index (χ1n) is 9.76. The predicted octanol–water partition coefficient (Wildman–Crippen LogP) is -2.38. The van der Waals surface area contributed by atoms with Crippen LogP contribution in [0.2, 0.25) is 0 Å². The number of ether oxygens (including phenoxy) is 5. The molecule has 1 aromatic rings. The number of carbonyl (C=O) groups excluding carboxylic acids is 2. The highest BCUT2D eigenvalue weighted by Crippen LogP contribution is 2.38. The van der Waals surface area contributed by atoms with Crippen molar-refractivity contribution in [3.63, 3.8) is 0 Å². The Bertz CT molecular complexity index is 669. The van der Waals surface area contributed by atoms with E-state index in [2.05, 4.69) is 0 Å². The van der Waals surface area contributed by atoms with Crippen LogP contribution in [0.25, 0.3) is 0 Å². The van der Waals surface area contributed by atoms with Crippen LogP contribution in [0, 0.1) is 0 Å². The van der Waals surface area contributed by atoms with Crippen LogP contribution >= 0.6 is 0 Å². The summed E-state index contributed by atoms with van der Waals surface area (Å²) in [5, 5.41) is 0. The topological polar surface area (TPSA) is 88.0 Å². The molecule has 0 aliphatic carbocycles. The smallest absolute Gasteiger partial charge is 0.410 e. The van der Waals surface area contributed by atoms with E-state index in [0.717, 1.165) is 26.1 Å². The van der Waals surface area contributed by atoms with Gasteiger partial charge in [-0.1, -0.05) is 0 Å². The van der Waals surface area contributed by atoms with Crippen molar-refractivity contribution in [2.45, 2.75) is 13.3 Å². The van der Waals surface area contributed by atoms with Gasteiger partial charge in [0.15, 0.2) is 11.5 Å². The van der Waals surface area contributed by atoms with Crippen LogP contribution in [0.1, 0.15) is 23.7 Å². The minimum absolute atomic E-state index is 0. The van der Waals surface area contributed by atoms with Crippen molar-refractivity contribution in [2.75, 3.05) is 67.3 Å². The summed E-state index contributed by atoms with van der Waals surface area (Å²) in [6.45, 7) is 6.47. The number of halogens is 1. The largest absolute Gasteiger partial charge is 1.00 e. The normalized spacial score (nSPS) is 13.8. The highest BCUT2D eigenvalue weighted by molar-refractivity contribution is 5.91. The fourth-order valence-electron chi connectivity index (χ4n) is 3.24. The number of nitrogens with one attached hydrogen (secondary N) is 1. The molecule has 0 aromatic heterocycles. The molecule has 1 N–H and O–H groups in total. The van der Waals surface area contributed by atoms with Crippen LogP contribution in [-0.4, -0.2) is 84.2 Å². The lowest BCUT2D eigenvalue weighted by Gasteiger charge is -2.31. The van der Waals surface area contributed by atoms with E-state index in [1.165, 1.54) is 26.2 Å². The van der Waals surface area contributed by atoms with E-state index in [0.29, 0.717) is 49.1 Å². The zero-order chi connectivity index (χ0) is 21.2. The average Bonchev–Trinajstić information content (AvgIpc) is 2.75. The maximum atomic E-state index is 12.4. The number of rotatable bonds is 9. The van der Waals surface area contributed by atoms with E-state index in [1.54, 1.807) is 24.0 Å². The highest BCUT2D eigenvalue weighted by atomic mass is 35.5. The van der Waals surface area contributed by atoms with Crippen molar-refractivity contribution in [3.05, 3.63) is 17.7 Å². The number of hydrogen-bond donors (Lipinski definition) is 1. The Morgan fingerprint density at radius 2 is 1.60 bits per heavy atom. The maximum absolute atomic E-state index is 12.4. The number of esters is 1. The SMILES string of the molecule is CCOC(=O)N1CC[NH+](CCCOC(=O)c2cc(OC)c(OC)c(OC)c2)CC1.[Cl-]. The molecule has 1 amide bonds. The summed E-state index contributed by atoms with van der Waals surface area (Å²) in [6.07, 6.45) is 0.496. The molecule has 1 aliphatic heterocycles. The van der Waals surface area contributed by atoms with Gasteiger partial charge >= 0.3 is 12.1 Å². The Kier molecular flexibility index (Phi) is 11.1. The second kappa shape index (κ2) is 13.0. The molecule has 9 nitrogen and oxygen atoms in total. The fraction of sp³-hybridized carbons (Fsp3) is 0.600. The minimum Gasteiger partial charge on any atom is -1.00 e. The Balaban J connectivity index is 0.00000450. The number of quaternary nitrogens is 1. The van der Waals surface area contributed by atoms with E-state index >= 15 is 0 Å². The third-order valence-corrected chi connectivity index (χ3v) is 4.80. The molecule has 0 radical (unpaired) electrons. The molecule has 1 heterocycles. The monoisotopic (exact) mass is 446 g/mol. The van der Waals surface area contributed by atoms with E-state index in [-0.39, 0.29) is 18.5 Å². The molecule has 0 spiro atoms. The molecule has 170 valence electrons. The van der Waals surface area contributed by atoms with E-state index < -0.39 is 5.97 Å². The first-order valence-corrected chi connectivity index (χ1v) is 9.76. The third-order valence-electron chi connectivity index (χ3n) is 4.80. The molecule has 0 atom stereocenters. The second-order valence-electron chi connectivity index (χ2n) is 6.59. The van der Waals surface area contributed by atoms with Crippen molar-refractivity contribution in [1.29, 1.82) is 0 Å². The summed E-state index contributed by atoms with van der Waals surface area (Å²) < 4.78 is 26.2. The number of methoxy groups -OCH3 is 3. The summed E-state index contributed by atoms with van der Waals surface area (Å²) in [7, 11) is 4.50. The summed E-state index contributed by atoms with van der Waals surface area (Å²) in [5.41, 5.74) is 0.342. The molecule has 2 rings (SSSR count). The first kappa shape index (κ1) is 25.6. The Hall–Kier alpha value is -2.39. The number of nitrogens with zero attached hydrogens (tertiary/aromatic N) is 1. The molecular weight excluding hydrogens is 416 g/mol. The number of piperazine rings is 1. The highest BCUT2D eigenvalue weighted by Gasteiger charge is 2.24. The number of carbonyl (C=O) groups is 2. The lowest BCUT2D eigenvalue weighted by molar-refractivity contribution is -0.904. The van der Waals surface area contributed by atoms with Crippen LogP contribution in [0.3, 0.4) is 0 Å². The van der Waals surface area contributed by atoms with Gasteiger partial charge in [0.2, 0.25) is 5.75 Å². The van der Waals surface area contributed by atoms with Crippen LogP contribution in [0.5, 0.6) is 17.2 Å². The first-order chi connectivity index (χ1) is 14.0. The number of amides is 1. The van der Waals surface area contributed by atoms with E-state index in [1.807, 2.05) is 0 Å². The van der Waals surface area contributed by atoms with Crippen molar-refractivity contribution in [2.24, 2.45) is 0 Å². The number of hydrogen-bond acceptors (Lipinski definition) is 7. The summed E-state index contributed by atoms with van der Waals surface area (Å²) in [5.74, 6) is 0.800. The van der Waals surface area contributed by atoms with Gasteiger partial charge in [-0.25, -0.2) is 9.59 Å². The molecule has 0 unspecified atom stereocenters. The molecule has 10 heteroatoms. The van der Waals surface area contributed by atoms with Gasteiger partial charge in [0.1, 0.15) is 0 Å². The van der Waals surface area contributed by atoms with Crippen molar-refractivity contribution in [1.82, 2.24) is 4.90 Å². The maximum Gasteiger partial charge on any atom is 0.410 e. The molecular formula is C20H31ClN2O7. The van der Waals surface area contributed by atoms with Gasteiger partial charge in [0.25, 0.3) is 0 Å². The zero-order valence-electron chi connectivity index (χ0n) is 18.0. The van der Waals surface area contributed by atoms with E-state index in [9.17, 15) is 9.59 Å². The zero-order valence-corrected chi connectivity index (χ0v) is 18.8. The fourth-order valence-corrected chi connectivity index (χ4v) is 3.24. The van der Waals surface area contributed by atoms with Crippen molar-refractivity contribution < 1.29 is 50.6 Å². The lowest BCUT2D eigenvalue weighted by Crippen LogP contribution is -3.14. The van der Waals surface area contributed by atoms with E-state index in [4.69, 9.17) is 23.7 Å². The standard InChI is InChI=1S/C20H30N2O7.ClH/c1-5-28-20(24)22-10-8-21(9-11-22)7-6-12-29-19(23)15-13-16(25-2)18(27-4)17(14-15)26-3;/h13-14H,5-12H2,1-4H3;1H. The summed E-state index contributed by atoms with van der Waals surface area (Å²) in [4.78, 5) is 27.2. The molecule has 1 fully saturated rings. The van der Waals surface area contributed by atoms with Gasteiger partial charge in [-0.2, -0.15) is 0 Å². The van der Waals surface area contributed by atoms with Gasteiger partial charge in [-0.3, -0.25) is 4.90 Å². The Labute approximate surface area is 183 Å². The van der Waals surface area contributed by atoms with Gasteiger partial charge in [0, 0.05) is 6.42 Å². The summed E-state index contributed by atoms with van der Waals surface area (Å²) >= 11 is 0. The quantitative estimate of drug-likeness (QED) is 0.335. The molecule has 1 aliphatic rings. The van der Waals surface area contributed by atoms with Gasteiger partial charge in [-0.05, 0) is 19.1 Å². The molecule has 30 heavy (non-hydrogen) atoms. The molecule has 0 saturated carbocycles. The van der Waals surface area contributed by atoms with Crippen LogP contribution in [0.15, 0.2) is 12.1 Å². The molecule has 1 saturated heterocycles. The van der Waals surface area contributed by atoms with Crippen LogP contribution in [-0.2, 0) is 9.47 Å². The third kappa shape index (κ3) is 6.84. The second-order valence-corrected chi connectivity index (χ2v) is 6.59. The van der Waals surface area contributed by atoms with Gasteiger partial charge in [0.05, 0.1) is 72.8 Å². The number of benzene rings is 1. The van der Waals surface area contributed by atoms with Crippen LogP contribution < -0.4 is 31.5 Å². The van der Waals surface area contributed by atoms with Gasteiger partial charge < -0.3 is 41.0 Å². The summed E-state index contributed by atoms with van der Waals surface area (Å²) in [6, 6.07) is 3.15. The predicted molar refractivity (Wildman–Crippen MR) is 105 cm³/mol. The molecule has 0 bridgehead atoms. The average molecular weight is 447 g/mol. The van der Waals surface area contributed by atoms with Crippen molar-refractivity contribution >= 4 is 12.1 Å². The van der Waals surface area contributed by atoms with Crippen molar-refractivity contribution in [3.8, 4) is 17.2 Å². The lowest BCUT2D eigenvalue weighted by atomic mass is 10.2. The molecule has 1 aromatic carbocycles. The van der Waals surface area contributed by atoms with Gasteiger partial charge in [-0.15, -0.1) is 0 Å². The Morgan fingerprint density at radius 1 is 1.00 bits per heavy atom. The van der Waals surface area contributed by atoms with Crippen LogP contribution in [0.4, 0.5) is 4.79 Å². The minimum atomic E-state index is -0.439. The Morgan fingerprint density at radius 3 is 2.10 bits per heavy atom.